The summed E-state index contributed by atoms with van der Waals surface area (Å²) in [6.45, 7) is 5.89. The SMILES string of the molecule is CCCCCc1ccc(C(=O)Nc2ccc(-c3ccc4c(c3)C(=O)N([C@H](C(=O)O)C(C)C)C4)c(F)c2)cc1. The van der Waals surface area contributed by atoms with E-state index in [2.05, 4.69) is 12.2 Å². The molecule has 0 spiro atoms. The van der Waals surface area contributed by atoms with Gasteiger partial charge in [0.05, 0.1) is 0 Å². The molecule has 38 heavy (non-hydrogen) atoms. The van der Waals surface area contributed by atoms with Crippen molar-refractivity contribution in [3.63, 3.8) is 0 Å². The average Bonchev–Trinajstić information content (AvgIpc) is 3.19. The van der Waals surface area contributed by atoms with E-state index in [4.69, 9.17) is 0 Å². The highest BCUT2D eigenvalue weighted by Gasteiger charge is 2.38. The highest BCUT2D eigenvalue weighted by Crippen LogP contribution is 2.33. The van der Waals surface area contributed by atoms with Crippen LogP contribution >= 0.6 is 0 Å². The Balaban J connectivity index is 1.47. The first-order chi connectivity index (χ1) is 18.2. The number of carboxylic acid groups (broad SMARTS) is 1. The van der Waals surface area contributed by atoms with E-state index in [0.29, 0.717) is 27.9 Å². The molecule has 7 heteroatoms. The third kappa shape index (κ3) is 5.77. The lowest BCUT2D eigenvalue weighted by molar-refractivity contribution is -0.144. The number of nitrogens with zero attached hydrogens (tertiary/aromatic N) is 1. The fourth-order valence-corrected chi connectivity index (χ4v) is 4.93. The van der Waals surface area contributed by atoms with E-state index in [1.54, 1.807) is 56.3 Å². The van der Waals surface area contributed by atoms with E-state index in [1.165, 1.54) is 23.0 Å². The number of halogens is 1. The number of nitrogens with one attached hydrogen (secondary N) is 1. The largest absolute Gasteiger partial charge is 0.480 e. The molecule has 3 aromatic rings. The summed E-state index contributed by atoms with van der Waals surface area (Å²) >= 11 is 0. The van der Waals surface area contributed by atoms with Crippen molar-refractivity contribution in [3.8, 4) is 11.1 Å². The van der Waals surface area contributed by atoms with Crippen LogP contribution in [0.5, 0.6) is 0 Å². The van der Waals surface area contributed by atoms with Crippen molar-refractivity contribution in [1.82, 2.24) is 4.90 Å². The van der Waals surface area contributed by atoms with Crippen molar-refractivity contribution in [2.45, 2.75) is 59.0 Å². The van der Waals surface area contributed by atoms with E-state index in [9.17, 15) is 19.5 Å². The fraction of sp³-hybridized carbons (Fsp3) is 0.323. The summed E-state index contributed by atoms with van der Waals surface area (Å²) in [6, 6.07) is 16.0. The Labute approximate surface area is 222 Å². The number of aliphatic carboxylic acids is 1. The number of anilines is 1. The van der Waals surface area contributed by atoms with Gasteiger partial charge in [0.2, 0.25) is 0 Å². The summed E-state index contributed by atoms with van der Waals surface area (Å²) in [7, 11) is 0. The number of unbranched alkanes of at least 4 members (excludes halogenated alkanes) is 2. The Kier molecular flexibility index (Phi) is 8.25. The molecule has 0 saturated carbocycles. The molecule has 198 valence electrons. The van der Waals surface area contributed by atoms with Gasteiger partial charge in [0, 0.05) is 28.9 Å². The topological polar surface area (TPSA) is 86.7 Å². The molecule has 2 N–H and O–H groups in total. The average molecular weight is 517 g/mol. The number of fused-ring (bicyclic) bond motifs is 1. The van der Waals surface area contributed by atoms with Crippen molar-refractivity contribution in [2.24, 2.45) is 5.92 Å². The molecule has 2 amide bonds. The molecule has 0 aromatic heterocycles. The fourth-order valence-electron chi connectivity index (χ4n) is 4.93. The summed E-state index contributed by atoms with van der Waals surface area (Å²) in [4.78, 5) is 38.8. The lowest BCUT2D eigenvalue weighted by Gasteiger charge is -2.27. The van der Waals surface area contributed by atoms with E-state index in [1.807, 2.05) is 12.1 Å². The smallest absolute Gasteiger partial charge is 0.326 e. The van der Waals surface area contributed by atoms with E-state index < -0.39 is 17.8 Å². The summed E-state index contributed by atoms with van der Waals surface area (Å²) in [6.07, 6.45) is 4.43. The third-order valence-corrected chi connectivity index (χ3v) is 6.99. The Morgan fingerprint density at radius 2 is 1.74 bits per heavy atom. The highest BCUT2D eigenvalue weighted by atomic mass is 19.1. The minimum absolute atomic E-state index is 0.205. The second-order valence-corrected chi connectivity index (χ2v) is 10.1. The zero-order chi connectivity index (χ0) is 27.4. The molecule has 1 aliphatic heterocycles. The third-order valence-electron chi connectivity index (χ3n) is 6.99. The van der Waals surface area contributed by atoms with Crippen molar-refractivity contribution in [3.05, 3.63) is 88.7 Å². The Bertz CT molecular complexity index is 1350. The lowest BCUT2D eigenvalue weighted by atomic mass is 9.99. The Morgan fingerprint density at radius 3 is 2.37 bits per heavy atom. The van der Waals surface area contributed by atoms with Crippen LogP contribution in [0, 0.1) is 11.7 Å². The van der Waals surface area contributed by atoms with Crippen LogP contribution in [-0.4, -0.2) is 33.8 Å². The number of carbonyl (C=O) groups excluding carboxylic acids is 2. The predicted octanol–water partition coefficient (Wildman–Crippen LogP) is 6.54. The maximum Gasteiger partial charge on any atom is 0.326 e. The summed E-state index contributed by atoms with van der Waals surface area (Å²) < 4.78 is 15.1. The normalized spacial score (nSPS) is 13.5. The first kappa shape index (κ1) is 27.0. The van der Waals surface area contributed by atoms with Crippen LogP contribution in [0.2, 0.25) is 0 Å². The molecule has 6 nitrogen and oxygen atoms in total. The molecule has 0 bridgehead atoms. The van der Waals surface area contributed by atoms with Gasteiger partial charge < -0.3 is 15.3 Å². The van der Waals surface area contributed by atoms with E-state index >= 15 is 4.39 Å². The summed E-state index contributed by atoms with van der Waals surface area (Å²) in [5.41, 5.74) is 3.89. The number of aryl methyl sites for hydroxylation is 1. The van der Waals surface area contributed by atoms with Gasteiger partial charge in [-0.05, 0) is 71.8 Å². The number of rotatable bonds is 10. The van der Waals surface area contributed by atoms with Gasteiger partial charge in [-0.15, -0.1) is 0 Å². The van der Waals surface area contributed by atoms with Crippen LogP contribution in [0.3, 0.4) is 0 Å². The molecule has 1 atom stereocenters. The number of hydrogen-bond acceptors (Lipinski definition) is 3. The summed E-state index contributed by atoms with van der Waals surface area (Å²) in [5, 5.41) is 12.4. The van der Waals surface area contributed by atoms with Gasteiger partial charge in [0.1, 0.15) is 11.9 Å². The number of carboxylic acids is 1. The van der Waals surface area contributed by atoms with Gasteiger partial charge in [-0.1, -0.05) is 57.9 Å². The zero-order valence-corrected chi connectivity index (χ0v) is 22.0. The number of carbonyl (C=O) groups is 3. The van der Waals surface area contributed by atoms with Crippen LogP contribution in [-0.2, 0) is 17.8 Å². The predicted molar refractivity (Wildman–Crippen MR) is 146 cm³/mol. The molecule has 0 unspecified atom stereocenters. The number of amides is 2. The van der Waals surface area contributed by atoms with E-state index in [0.717, 1.165) is 19.3 Å². The minimum atomic E-state index is -1.05. The molecular weight excluding hydrogens is 483 g/mol. The van der Waals surface area contributed by atoms with E-state index in [-0.39, 0.29) is 29.8 Å². The quantitative estimate of drug-likeness (QED) is 0.300. The van der Waals surface area contributed by atoms with Gasteiger partial charge >= 0.3 is 5.97 Å². The molecule has 0 fully saturated rings. The van der Waals surface area contributed by atoms with Crippen molar-refractivity contribution >= 4 is 23.5 Å². The maximum absolute atomic E-state index is 15.1. The first-order valence-electron chi connectivity index (χ1n) is 13.1. The standard InChI is InChI=1S/C31H33FN2O4/c1-4-5-6-7-20-8-10-21(11-9-20)29(35)33-24-14-15-25(27(32)17-24)22-12-13-23-18-34(30(36)26(23)16-22)28(19(2)3)31(37)38/h8-17,19,28H,4-7,18H2,1-3H3,(H,33,35)(H,37,38)/t28-/m0/s1. The molecule has 1 heterocycles. The summed E-state index contributed by atoms with van der Waals surface area (Å²) in [5.74, 6) is -2.54. The number of benzene rings is 3. The van der Waals surface area contributed by atoms with Crippen molar-refractivity contribution in [2.75, 3.05) is 5.32 Å². The second kappa shape index (κ2) is 11.6. The van der Waals surface area contributed by atoms with Gasteiger partial charge in [0.15, 0.2) is 0 Å². The Hall–Kier alpha value is -4.00. The van der Waals surface area contributed by atoms with Crippen molar-refractivity contribution in [1.29, 1.82) is 0 Å². The van der Waals surface area contributed by atoms with Crippen LogP contribution < -0.4 is 5.32 Å². The van der Waals surface area contributed by atoms with Crippen molar-refractivity contribution < 1.29 is 23.9 Å². The van der Waals surface area contributed by atoms with Crippen LogP contribution in [0.4, 0.5) is 10.1 Å². The molecular formula is C31H33FN2O4. The first-order valence-corrected chi connectivity index (χ1v) is 13.1. The molecule has 0 radical (unpaired) electrons. The monoisotopic (exact) mass is 516 g/mol. The number of hydrogen-bond donors (Lipinski definition) is 2. The lowest BCUT2D eigenvalue weighted by Crippen LogP contribution is -2.44. The Morgan fingerprint density at radius 1 is 1.00 bits per heavy atom. The molecule has 4 rings (SSSR count). The highest BCUT2D eigenvalue weighted by molar-refractivity contribution is 6.04. The van der Waals surface area contributed by atoms with Gasteiger partial charge in [-0.3, -0.25) is 9.59 Å². The van der Waals surface area contributed by atoms with Crippen LogP contribution in [0.1, 0.15) is 71.9 Å². The zero-order valence-electron chi connectivity index (χ0n) is 22.0. The van der Waals surface area contributed by atoms with Gasteiger partial charge in [-0.25, -0.2) is 9.18 Å². The van der Waals surface area contributed by atoms with Gasteiger partial charge in [-0.2, -0.15) is 0 Å². The molecule has 3 aromatic carbocycles. The molecule has 0 aliphatic carbocycles. The molecule has 0 saturated heterocycles. The maximum atomic E-state index is 15.1. The van der Waals surface area contributed by atoms with Crippen LogP contribution in [0.15, 0.2) is 60.7 Å². The minimum Gasteiger partial charge on any atom is -0.480 e. The van der Waals surface area contributed by atoms with Gasteiger partial charge in [0.25, 0.3) is 11.8 Å². The van der Waals surface area contributed by atoms with Crippen LogP contribution in [0.25, 0.3) is 11.1 Å². The second-order valence-electron chi connectivity index (χ2n) is 10.1. The molecule has 1 aliphatic rings.